The second-order valence-electron chi connectivity index (χ2n) is 4.07. The van der Waals surface area contributed by atoms with Gasteiger partial charge in [-0.15, -0.1) is 0 Å². The Morgan fingerprint density at radius 1 is 1.44 bits per heavy atom. The first-order valence-electron chi connectivity index (χ1n) is 5.25. The molecule has 1 N–H and O–H groups in total. The van der Waals surface area contributed by atoms with Gasteiger partial charge >= 0.3 is 0 Å². The number of benzene rings is 1. The van der Waals surface area contributed by atoms with E-state index in [0.29, 0.717) is 23.2 Å². The predicted molar refractivity (Wildman–Crippen MR) is 65.5 cm³/mol. The molecule has 4 heteroatoms. The van der Waals surface area contributed by atoms with E-state index in [1.54, 1.807) is 13.2 Å². The Morgan fingerprint density at radius 3 is 2.69 bits per heavy atom. The van der Waals surface area contributed by atoms with Crippen LogP contribution in [-0.4, -0.2) is 19.8 Å². The van der Waals surface area contributed by atoms with Gasteiger partial charge in [0, 0.05) is 7.11 Å². The summed E-state index contributed by atoms with van der Waals surface area (Å²) in [4.78, 5) is 0. The number of anilines is 1. The maximum Gasteiger partial charge on any atom is 0.125 e. The summed E-state index contributed by atoms with van der Waals surface area (Å²) in [5.74, 6) is 0.0751. The smallest absolute Gasteiger partial charge is 0.125 e. The fourth-order valence-electron chi connectivity index (χ4n) is 1.39. The summed E-state index contributed by atoms with van der Waals surface area (Å²) in [6.07, 6.45) is 0. The molecule has 0 aliphatic rings. The lowest BCUT2D eigenvalue weighted by atomic mass is 10.1. The number of hydrogen-bond acceptors (Lipinski definition) is 2. The molecule has 0 heterocycles. The highest BCUT2D eigenvalue weighted by Gasteiger charge is 2.14. The molecule has 0 spiro atoms. The van der Waals surface area contributed by atoms with Gasteiger partial charge in [0.25, 0.3) is 0 Å². The average Bonchev–Trinajstić information content (AvgIpc) is 2.22. The Balaban J connectivity index is 2.80. The number of methoxy groups -OCH3 is 1. The van der Waals surface area contributed by atoms with E-state index < -0.39 is 0 Å². The van der Waals surface area contributed by atoms with Crippen molar-refractivity contribution in [3.8, 4) is 0 Å². The van der Waals surface area contributed by atoms with Crippen LogP contribution in [-0.2, 0) is 4.74 Å². The Labute approximate surface area is 101 Å². The third-order valence-electron chi connectivity index (χ3n) is 2.42. The van der Waals surface area contributed by atoms with E-state index in [4.69, 9.17) is 16.3 Å². The third kappa shape index (κ3) is 3.65. The summed E-state index contributed by atoms with van der Waals surface area (Å²) in [5, 5.41) is 3.71. The van der Waals surface area contributed by atoms with E-state index in [9.17, 15) is 4.39 Å². The van der Waals surface area contributed by atoms with Crippen molar-refractivity contribution in [1.29, 1.82) is 0 Å². The lowest BCUT2D eigenvalue weighted by Crippen LogP contribution is -2.30. The zero-order chi connectivity index (χ0) is 12.1. The quantitative estimate of drug-likeness (QED) is 0.857. The maximum atomic E-state index is 13.1. The van der Waals surface area contributed by atoms with Crippen LogP contribution >= 0.6 is 11.6 Å². The number of hydrogen-bond donors (Lipinski definition) is 1. The molecule has 0 aromatic heterocycles. The van der Waals surface area contributed by atoms with Gasteiger partial charge in [0.2, 0.25) is 0 Å². The number of rotatable bonds is 5. The monoisotopic (exact) mass is 245 g/mol. The van der Waals surface area contributed by atoms with Gasteiger partial charge in [-0.05, 0) is 24.1 Å². The SMILES string of the molecule is COCC(Nc1cc(F)ccc1Cl)C(C)C. The highest BCUT2D eigenvalue weighted by Crippen LogP contribution is 2.24. The first-order chi connectivity index (χ1) is 7.54. The van der Waals surface area contributed by atoms with E-state index in [2.05, 4.69) is 19.2 Å². The lowest BCUT2D eigenvalue weighted by molar-refractivity contribution is 0.171. The number of nitrogens with one attached hydrogen (secondary N) is 1. The van der Waals surface area contributed by atoms with Gasteiger partial charge in [0.05, 0.1) is 23.4 Å². The number of halogens is 2. The van der Waals surface area contributed by atoms with E-state index >= 15 is 0 Å². The fraction of sp³-hybridized carbons (Fsp3) is 0.500. The number of ether oxygens (including phenoxy) is 1. The minimum absolute atomic E-state index is 0.115. The molecule has 0 bridgehead atoms. The molecule has 0 aliphatic carbocycles. The first-order valence-corrected chi connectivity index (χ1v) is 5.63. The normalized spacial score (nSPS) is 12.9. The summed E-state index contributed by atoms with van der Waals surface area (Å²) >= 11 is 5.98. The summed E-state index contributed by atoms with van der Waals surface area (Å²) in [7, 11) is 1.64. The third-order valence-corrected chi connectivity index (χ3v) is 2.75. The van der Waals surface area contributed by atoms with E-state index in [0.717, 1.165) is 0 Å². The van der Waals surface area contributed by atoms with Crippen molar-refractivity contribution in [3.05, 3.63) is 29.0 Å². The zero-order valence-corrected chi connectivity index (χ0v) is 10.5. The Morgan fingerprint density at radius 2 is 2.12 bits per heavy atom. The minimum atomic E-state index is -0.299. The summed E-state index contributed by atoms with van der Waals surface area (Å²) in [5.41, 5.74) is 0.609. The molecule has 1 aromatic rings. The van der Waals surface area contributed by atoms with Crippen LogP contribution in [0.15, 0.2) is 18.2 Å². The molecule has 1 rings (SSSR count). The second kappa shape index (κ2) is 6.06. The van der Waals surface area contributed by atoms with Crippen LogP contribution in [0.2, 0.25) is 5.02 Å². The standard InChI is InChI=1S/C12H17ClFNO/c1-8(2)12(7-16-3)15-11-6-9(14)4-5-10(11)13/h4-6,8,12,15H,7H2,1-3H3. The highest BCUT2D eigenvalue weighted by molar-refractivity contribution is 6.33. The fourth-order valence-corrected chi connectivity index (χ4v) is 1.56. The van der Waals surface area contributed by atoms with Crippen molar-refractivity contribution in [3.63, 3.8) is 0 Å². The van der Waals surface area contributed by atoms with Crippen LogP contribution in [0.3, 0.4) is 0 Å². The molecular formula is C12H17ClFNO. The Hall–Kier alpha value is -0.800. The lowest BCUT2D eigenvalue weighted by Gasteiger charge is -2.23. The molecule has 16 heavy (non-hydrogen) atoms. The molecule has 0 amide bonds. The van der Waals surface area contributed by atoms with Gasteiger partial charge in [-0.2, -0.15) is 0 Å². The second-order valence-corrected chi connectivity index (χ2v) is 4.48. The Bertz CT molecular complexity index is 344. The molecule has 0 radical (unpaired) electrons. The summed E-state index contributed by atoms with van der Waals surface area (Å²) in [6, 6.07) is 4.40. The minimum Gasteiger partial charge on any atom is -0.383 e. The average molecular weight is 246 g/mol. The molecular weight excluding hydrogens is 229 g/mol. The largest absolute Gasteiger partial charge is 0.383 e. The molecule has 2 nitrogen and oxygen atoms in total. The molecule has 90 valence electrons. The van der Waals surface area contributed by atoms with Crippen LogP contribution in [0.25, 0.3) is 0 Å². The van der Waals surface area contributed by atoms with Gasteiger partial charge in [-0.3, -0.25) is 0 Å². The van der Waals surface area contributed by atoms with Crippen molar-refractivity contribution >= 4 is 17.3 Å². The molecule has 0 aliphatic heterocycles. The highest BCUT2D eigenvalue weighted by atomic mass is 35.5. The topological polar surface area (TPSA) is 21.3 Å². The van der Waals surface area contributed by atoms with Crippen molar-refractivity contribution < 1.29 is 9.13 Å². The van der Waals surface area contributed by atoms with Crippen LogP contribution in [0.5, 0.6) is 0 Å². The van der Waals surface area contributed by atoms with Crippen molar-refractivity contribution in [1.82, 2.24) is 0 Å². The van der Waals surface area contributed by atoms with Gasteiger partial charge in [-0.25, -0.2) is 4.39 Å². The van der Waals surface area contributed by atoms with Crippen LogP contribution in [0, 0.1) is 11.7 Å². The molecule has 0 saturated carbocycles. The zero-order valence-electron chi connectivity index (χ0n) is 9.76. The van der Waals surface area contributed by atoms with Gasteiger partial charge in [0.1, 0.15) is 5.82 Å². The van der Waals surface area contributed by atoms with Crippen LogP contribution in [0.1, 0.15) is 13.8 Å². The molecule has 1 aromatic carbocycles. The van der Waals surface area contributed by atoms with E-state index in [1.807, 2.05) is 0 Å². The van der Waals surface area contributed by atoms with Crippen molar-refractivity contribution in [2.45, 2.75) is 19.9 Å². The van der Waals surface area contributed by atoms with E-state index in [1.165, 1.54) is 12.1 Å². The van der Waals surface area contributed by atoms with Crippen LogP contribution < -0.4 is 5.32 Å². The predicted octanol–water partition coefficient (Wildman–Crippen LogP) is 3.56. The molecule has 1 atom stereocenters. The Kier molecular flexibility index (Phi) is 5.03. The van der Waals surface area contributed by atoms with Crippen molar-refractivity contribution in [2.75, 3.05) is 19.0 Å². The summed E-state index contributed by atoms with van der Waals surface area (Å²) < 4.78 is 18.2. The van der Waals surface area contributed by atoms with Gasteiger partial charge < -0.3 is 10.1 Å². The maximum absolute atomic E-state index is 13.1. The van der Waals surface area contributed by atoms with Crippen LogP contribution in [0.4, 0.5) is 10.1 Å². The molecule has 1 unspecified atom stereocenters. The van der Waals surface area contributed by atoms with Gasteiger partial charge in [-0.1, -0.05) is 25.4 Å². The molecule has 0 saturated heterocycles. The van der Waals surface area contributed by atoms with Gasteiger partial charge in [0.15, 0.2) is 0 Å². The van der Waals surface area contributed by atoms with Crippen molar-refractivity contribution in [2.24, 2.45) is 5.92 Å². The molecule has 0 fully saturated rings. The first kappa shape index (κ1) is 13.3. The summed E-state index contributed by atoms with van der Waals surface area (Å²) in [6.45, 7) is 4.71. The van der Waals surface area contributed by atoms with E-state index in [-0.39, 0.29) is 11.9 Å².